The number of phosphoric ester groups is 1. The Hall–Kier alpha value is -2.42. The van der Waals surface area contributed by atoms with Crippen LogP contribution in [0.15, 0.2) is 42.5 Å². The molecular formula is C25H35N2O7P. The lowest BCUT2D eigenvalue weighted by Crippen LogP contribution is -2.44. The average Bonchev–Trinajstić information content (AvgIpc) is 3.06. The molecule has 0 aliphatic carbocycles. The van der Waals surface area contributed by atoms with Crippen molar-refractivity contribution in [3.05, 3.63) is 59.2 Å². The molecule has 0 bridgehead atoms. The molecule has 1 heterocycles. The van der Waals surface area contributed by atoms with E-state index in [2.05, 4.69) is 38.3 Å². The fraction of sp³-hybridized carbons (Fsp3) is 0.480. The number of para-hydroxylation sites is 1. The first kappa shape index (κ1) is 27.2. The normalized spacial score (nSPS) is 22.5. The number of anilines is 1. The van der Waals surface area contributed by atoms with Gasteiger partial charge in [0.15, 0.2) is 0 Å². The molecule has 2 atom stereocenters. The number of nitrogens with one attached hydrogen (secondary N) is 2. The third-order valence-corrected chi connectivity index (χ3v) is 6.45. The Balaban J connectivity index is 1.85. The third kappa shape index (κ3) is 6.63. The molecule has 9 nitrogen and oxygen atoms in total. The van der Waals surface area contributed by atoms with Gasteiger partial charge in [0.25, 0.3) is 0 Å². The molecule has 10 heteroatoms. The van der Waals surface area contributed by atoms with E-state index in [0.29, 0.717) is 5.56 Å². The van der Waals surface area contributed by atoms with Crippen LogP contribution in [0.1, 0.15) is 70.1 Å². The maximum Gasteiger partial charge on any atom is 0.524 e. The molecule has 0 radical (unpaired) electrons. The van der Waals surface area contributed by atoms with E-state index in [9.17, 15) is 19.1 Å². The minimum absolute atomic E-state index is 0.0340. The van der Waals surface area contributed by atoms with Crippen LogP contribution in [0, 0.1) is 0 Å². The average molecular weight is 507 g/mol. The summed E-state index contributed by atoms with van der Waals surface area (Å²) in [5.74, 6) is -0.958. The molecule has 192 valence electrons. The molecule has 0 aromatic heterocycles. The number of urea groups is 1. The SMILES string of the molecule is CC(C)c1cccc(C(C)C)c1NC(=O)NCC1(c2cccc(OP(=O)(O)O)c2)OC(C)C(C)O1. The van der Waals surface area contributed by atoms with Gasteiger partial charge in [-0.15, -0.1) is 0 Å². The summed E-state index contributed by atoms with van der Waals surface area (Å²) in [6, 6.07) is 11.7. The summed E-state index contributed by atoms with van der Waals surface area (Å²) in [6.45, 7) is 12.0. The van der Waals surface area contributed by atoms with Crippen molar-refractivity contribution < 1.29 is 33.1 Å². The van der Waals surface area contributed by atoms with Crippen molar-refractivity contribution in [2.24, 2.45) is 0 Å². The van der Waals surface area contributed by atoms with Crippen molar-refractivity contribution in [1.82, 2.24) is 5.32 Å². The second-order valence-corrected chi connectivity index (χ2v) is 10.6. The number of carbonyl (C=O) groups excluding carboxylic acids is 1. The Labute approximate surface area is 206 Å². The Morgan fingerprint density at radius 2 is 1.57 bits per heavy atom. The highest BCUT2D eigenvalue weighted by Crippen LogP contribution is 2.42. The molecule has 0 saturated carbocycles. The van der Waals surface area contributed by atoms with E-state index in [1.807, 2.05) is 32.0 Å². The van der Waals surface area contributed by atoms with Gasteiger partial charge in [0.05, 0.1) is 18.8 Å². The van der Waals surface area contributed by atoms with Crippen LogP contribution < -0.4 is 15.2 Å². The van der Waals surface area contributed by atoms with Crippen LogP contribution in [0.2, 0.25) is 0 Å². The smallest absolute Gasteiger partial charge is 0.404 e. The summed E-state index contributed by atoms with van der Waals surface area (Å²) in [6.07, 6.45) is -0.555. The van der Waals surface area contributed by atoms with Crippen molar-refractivity contribution >= 4 is 19.5 Å². The molecule has 1 aliphatic heterocycles. The van der Waals surface area contributed by atoms with Gasteiger partial charge >= 0.3 is 13.9 Å². The topological polar surface area (TPSA) is 126 Å². The van der Waals surface area contributed by atoms with Gasteiger partial charge in [0.1, 0.15) is 5.75 Å². The van der Waals surface area contributed by atoms with Gasteiger partial charge in [0.2, 0.25) is 5.79 Å². The van der Waals surface area contributed by atoms with Gasteiger partial charge in [-0.1, -0.05) is 58.0 Å². The van der Waals surface area contributed by atoms with E-state index < -0.39 is 19.6 Å². The van der Waals surface area contributed by atoms with Crippen molar-refractivity contribution in [3.63, 3.8) is 0 Å². The molecule has 2 aromatic rings. The Bertz CT molecular complexity index is 1060. The minimum atomic E-state index is -4.74. The number of hydrogen-bond donors (Lipinski definition) is 4. The summed E-state index contributed by atoms with van der Waals surface area (Å²) in [4.78, 5) is 31.4. The first-order valence-electron chi connectivity index (χ1n) is 11.7. The Morgan fingerprint density at radius 1 is 1.03 bits per heavy atom. The van der Waals surface area contributed by atoms with Crippen molar-refractivity contribution in [1.29, 1.82) is 0 Å². The predicted molar refractivity (Wildman–Crippen MR) is 134 cm³/mol. The number of phosphoric acid groups is 1. The van der Waals surface area contributed by atoms with Crippen LogP contribution >= 0.6 is 7.82 Å². The van der Waals surface area contributed by atoms with E-state index in [1.165, 1.54) is 12.1 Å². The molecule has 2 amide bonds. The van der Waals surface area contributed by atoms with Gasteiger partial charge < -0.3 is 24.6 Å². The number of ether oxygens (including phenoxy) is 2. The second kappa shape index (κ2) is 10.7. The first-order chi connectivity index (χ1) is 16.3. The lowest BCUT2D eigenvalue weighted by atomic mass is 9.93. The lowest BCUT2D eigenvalue weighted by molar-refractivity contribution is -0.176. The minimum Gasteiger partial charge on any atom is -0.404 e. The Kier molecular flexibility index (Phi) is 8.29. The first-order valence-corrected chi connectivity index (χ1v) is 13.2. The summed E-state index contributed by atoms with van der Waals surface area (Å²) in [5.41, 5.74) is 3.33. The van der Waals surface area contributed by atoms with Gasteiger partial charge in [-0.25, -0.2) is 9.36 Å². The lowest BCUT2D eigenvalue weighted by Gasteiger charge is -2.29. The molecule has 4 N–H and O–H groups in total. The zero-order valence-electron chi connectivity index (χ0n) is 20.9. The van der Waals surface area contributed by atoms with Crippen LogP contribution in [0.5, 0.6) is 5.75 Å². The molecule has 1 saturated heterocycles. The number of hydrogen-bond acceptors (Lipinski definition) is 5. The largest absolute Gasteiger partial charge is 0.524 e. The number of benzene rings is 2. The number of amides is 2. The zero-order chi connectivity index (χ0) is 26.0. The standard InChI is InChI=1S/C25H35N2O7P/c1-15(2)21-11-8-12-22(16(3)4)23(21)27-24(28)26-14-25(32-17(5)18(6)33-25)19-9-7-10-20(13-19)34-35(29,30)31/h7-13,15-18H,14H2,1-6H3,(H2,26,27,28)(H2,29,30,31). The van der Waals surface area contributed by atoms with Gasteiger partial charge in [-0.05, 0) is 48.9 Å². The maximum atomic E-state index is 13.0. The monoisotopic (exact) mass is 506 g/mol. The molecule has 2 aromatic carbocycles. The van der Waals surface area contributed by atoms with Crippen LogP contribution in [0.25, 0.3) is 0 Å². The molecule has 1 aliphatic rings. The van der Waals surface area contributed by atoms with Gasteiger partial charge in [-0.2, -0.15) is 0 Å². The molecule has 3 rings (SSSR count). The van der Waals surface area contributed by atoms with Crippen LogP contribution in [0.3, 0.4) is 0 Å². The highest BCUT2D eigenvalue weighted by molar-refractivity contribution is 7.46. The van der Waals surface area contributed by atoms with Gasteiger partial charge in [-0.3, -0.25) is 9.79 Å². The fourth-order valence-electron chi connectivity index (χ4n) is 4.12. The van der Waals surface area contributed by atoms with Crippen molar-refractivity contribution in [2.75, 3.05) is 11.9 Å². The van der Waals surface area contributed by atoms with Crippen molar-refractivity contribution in [3.8, 4) is 5.75 Å². The van der Waals surface area contributed by atoms with Crippen LogP contribution in [-0.2, 0) is 19.8 Å². The predicted octanol–water partition coefficient (Wildman–Crippen LogP) is 5.20. The summed E-state index contributed by atoms with van der Waals surface area (Å²) in [5, 5.41) is 5.87. The van der Waals surface area contributed by atoms with E-state index in [1.54, 1.807) is 12.1 Å². The zero-order valence-corrected chi connectivity index (χ0v) is 21.8. The second-order valence-electron chi connectivity index (χ2n) is 9.44. The fourth-order valence-corrected chi connectivity index (χ4v) is 4.51. The maximum absolute atomic E-state index is 13.0. The molecule has 0 spiro atoms. The number of rotatable bonds is 8. The summed E-state index contributed by atoms with van der Waals surface area (Å²) in [7, 11) is -4.74. The summed E-state index contributed by atoms with van der Waals surface area (Å²) >= 11 is 0. The highest BCUT2D eigenvalue weighted by atomic mass is 31.2. The Morgan fingerprint density at radius 3 is 2.09 bits per heavy atom. The molecular weight excluding hydrogens is 471 g/mol. The highest BCUT2D eigenvalue weighted by Gasteiger charge is 2.46. The third-order valence-electron chi connectivity index (χ3n) is 6.00. The molecule has 2 unspecified atom stereocenters. The van der Waals surface area contributed by atoms with E-state index >= 15 is 0 Å². The van der Waals surface area contributed by atoms with Gasteiger partial charge in [0, 0.05) is 11.3 Å². The van der Waals surface area contributed by atoms with E-state index in [4.69, 9.17) is 14.0 Å². The van der Waals surface area contributed by atoms with Crippen LogP contribution in [0.4, 0.5) is 10.5 Å². The molecule has 1 fully saturated rings. The summed E-state index contributed by atoms with van der Waals surface area (Å²) < 4.78 is 28.3. The van der Waals surface area contributed by atoms with E-state index in [0.717, 1.165) is 16.8 Å². The quantitative estimate of drug-likeness (QED) is 0.362. The van der Waals surface area contributed by atoms with Crippen molar-refractivity contribution in [2.45, 2.75) is 71.4 Å². The van der Waals surface area contributed by atoms with Crippen LogP contribution in [-0.4, -0.2) is 34.6 Å². The number of carbonyl (C=O) groups is 1. The van der Waals surface area contributed by atoms with E-state index in [-0.39, 0.29) is 36.3 Å². The molecule has 35 heavy (non-hydrogen) atoms.